The molecule has 0 aliphatic heterocycles. The predicted octanol–water partition coefficient (Wildman–Crippen LogP) is 3.66. The van der Waals surface area contributed by atoms with E-state index in [1.165, 1.54) is 0 Å². The van der Waals surface area contributed by atoms with Gasteiger partial charge in [-0.05, 0) is 42.9 Å². The van der Waals surface area contributed by atoms with E-state index >= 15 is 0 Å². The van der Waals surface area contributed by atoms with Gasteiger partial charge in [-0.15, -0.1) is 0 Å². The Bertz CT molecular complexity index is 439. The Balaban J connectivity index is 2.05. The average Bonchev–Trinajstić information content (AvgIpc) is 2.81. The van der Waals surface area contributed by atoms with Crippen LogP contribution in [-0.2, 0) is 12.0 Å². The molecule has 2 N–H and O–H groups in total. The molecule has 0 saturated heterocycles. The van der Waals surface area contributed by atoms with Crippen LogP contribution in [0.1, 0.15) is 72.0 Å². The van der Waals surface area contributed by atoms with Crippen molar-refractivity contribution in [1.82, 2.24) is 10.1 Å². The molecule has 1 aromatic rings. The molecule has 0 amide bonds. The third kappa shape index (κ3) is 3.40. The molecule has 1 aliphatic rings. The maximum atomic E-state index is 6.49. The Kier molecular flexibility index (Phi) is 4.24. The molecule has 1 aliphatic carbocycles. The van der Waals surface area contributed by atoms with Gasteiger partial charge in [-0.1, -0.05) is 39.8 Å². The van der Waals surface area contributed by atoms with Gasteiger partial charge in [0.25, 0.3) is 0 Å². The van der Waals surface area contributed by atoms with Crippen LogP contribution in [0, 0.1) is 17.3 Å². The van der Waals surface area contributed by atoms with E-state index < -0.39 is 0 Å². The fourth-order valence-corrected chi connectivity index (χ4v) is 2.61. The largest absolute Gasteiger partial charge is 0.339 e. The molecular weight excluding hydrogens is 250 g/mol. The van der Waals surface area contributed by atoms with Crippen LogP contribution in [0.2, 0.25) is 0 Å². The van der Waals surface area contributed by atoms with Gasteiger partial charge in [-0.25, -0.2) is 0 Å². The minimum atomic E-state index is -0.376. The monoisotopic (exact) mass is 279 g/mol. The number of nitrogens with zero attached hydrogens (tertiary/aromatic N) is 2. The van der Waals surface area contributed by atoms with Crippen molar-refractivity contribution in [1.29, 1.82) is 0 Å². The molecule has 4 nitrogen and oxygen atoms in total. The number of rotatable bonds is 3. The quantitative estimate of drug-likeness (QED) is 0.917. The second-order valence-corrected chi connectivity index (χ2v) is 7.82. The summed E-state index contributed by atoms with van der Waals surface area (Å²) in [5.41, 5.74) is 6.36. The van der Waals surface area contributed by atoms with Crippen LogP contribution in [0.25, 0.3) is 0 Å². The highest BCUT2D eigenvalue weighted by Gasteiger charge is 2.36. The van der Waals surface area contributed by atoms with Crippen molar-refractivity contribution >= 4 is 0 Å². The highest BCUT2D eigenvalue weighted by molar-refractivity contribution is 5.06. The Hall–Kier alpha value is -0.900. The number of aromatic nitrogens is 2. The van der Waals surface area contributed by atoms with E-state index in [1.807, 2.05) is 0 Å². The van der Waals surface area contributed by atoms with E-state index in [2.05, 4.69) is 44.8 Å². The third-order valence-electron chi connectivity index (χ3n) is 5.04. The molecule has 1 atom stereocenters. The third-order valence-corrected chi connectivity index (χ3v) is 5.04. The van der Waals surface area contributed by atoms with E-state index in [1.54, 1.807) is 0 Å². The summed E-state index contributed by atoms with van der Waals surface area (Å²) in [6.45, 7) is 11.2. The lowest BCUT2D eigenvalue weighted by molar-refractivity contribution is 0.225. The van der Waals surface area contributed by atoms with E-state index in [0.29, 0.717) is 11.7 Å². The average molecular weight is 279 g/mol. The SMILES string of the molecule is CC1CCC(N)(c2noc(CC(C)C(C)(C)C)n2)CC1. The molecule has 4 heteroatoms. The first-order valence-electron chi connectivity index (χ1n) is 7.82. The predicted molar refractivity (Wildman–Crippen MR) is 80.1 cm³/mol. The number of hydrogen-bond donors (Lipinski definition) is 1. The molecular formula is C16H29N3O. The fraction of sp³-hybridized carbons (Fsp3) is 0.875. The zero-order valence-corrected chi connectivity index (χ0v) is 13.6. The standard InChI is InChI=1S/C16H29N3O/c1-11-6-8-16(17,9-7-11)14-18-13(20-19-14)10-12(2)15(3,4)5/h11-12H,6-10,17H2,1-5H3. The number of hydrogen-bond acceptors (Lipinski definition) is 4. The molecule has 1 saturated carbocycles. The van der Waals surface area contributed by atoms with Crippen molar-refractivity contribution in [3.8, 4) is 0 Å². The molecule has 1 unspecified atom stereocenters. The van der Waals surface area contributed by atoms with Crippen molar-refractivity contribution < 1.29 is 4.52 Å². The Morgan fingerprint density at radius 3 is 2.50 bits per heavy atom. The first-order valence-corrected chi connectivity index (χ1v) is 7.82. The summed E-state index contributed by atoms with van der Waals surface area (Å²) in [5.74, 6) is 2.70. The molecule has 0 spiro atoms. The fourth-order valence-electron chi connectivity index (χ4n) is 2.61. The first kappa shape index (κ1) is 15.5. The van der Waals surface area contributed by atoms with Crippen molar-refractivity contribution in [3.63, 3.8) is 0 Å². The van der Waals surface area contributed by atoms with Gasteiger partial charge in [0.05, 0.1) is 5.54 Å². The smallest absolute Gasteiger partial charge is 0.227 e. The molecule has 1 heterocycles. The van der Waals surface area contributed by atoms with E-state index in [9.17, 15) is 0 Å². The van der Waals surface area contributed by atoms with Crippen LogP contribution in [0.3, 0.4) is 0 Å². The topological polar surface area (TPSA) is 64.9 Å². The van der Waals surface area contributed by atoms with Gasteiger partial charge in [0, 0.05) is 6.42 Å². The second-order valence-electron chi connectivity index (χ2n) is 7.82. The van der Waals surface area contributed by atoms with Crippen molar-refractivity contribution in [2.24, 2.45) is 23.0 Å². The summed E-state index contributed by atoms with van der Waals surface area (Å²) in [5, 5.41) is 4.16. The Morgan fingerprint density at radius 1 is 1.35 bits per heavy atom. The number of nitrogens with two attached hydrogens (primary N) is 1. The molecule has 114 valence electrons. The summed E-state index contributed by atoms with van der Waals surface area (Å²) in [4.78, 5) is 4.58. The molecule has 20 heavy (non-hydrogen) atoms. The molecule has 1 fully saturated rings. The lowest BCUT2D eigenvalue weighted by Crippen LogP contribution is -2.41. The first-order chi connectivity index (χ1) is 9.21. The minimum absolute atomic E-state index is 0.245. The summed E-state index contributed by atoms with van der Waals surface area (Å²) >= 11 is 0. The normalized spacial score (nSPS) is 29.4. The lowest BCUT2D eigenvalue weighted by Gasteiger charge is -2.33. The van der Waals surface area contributed by atoms with Crippen molar-refractivity contribution in [2.45, 2.75) is 72.3 Å². The molecule has 0 aromatic carbocycles. The van der Waals surface area contributed by atoms with Crippen LogP contribution < -0.4 is 5.73 Å². The van der Waals surface area contributed by atoms with E-state index in [-0.39, 0.29) is 11.0 Å². The summed E-state index contributed by atoms with van der Waals surface area (Å²) in [6, 6.07) is 0. The molecule has 2 rings (SSSR count). The maximum absolute atomic E-state index is 6.49. The van der Waals surface area contributed by atoms with E-state index in [4.69, 9.17) is 10.3 Å². The lowest BCUT2D eigenvalue weighted by atomic mass is 9.77. The second kappa shape index (κ2) is 5.47. The summed E-state index contributed by atoms with van der Waals surface area (Å²) < 4.78 is 5.43. The maximum Gasteiger partial charge on any atom is 0.227 e. The molecule has 1 aromatic heterocycles. The highest BCUT2D eigenvalue weighted by Crippen LogP contribution is 2.36. The highest BCUT2D eigenvalue weighted by atomic mass is 16.5. The van der Waals surface area contributed by atoms with Crippen LogP contribution >= 0.6 is 0 Å². The molecule has 0 bridgehead atoms. The molecule has 0 radical (unpaired) electrons. The van der Waals surface area contributed by atoms with Gasteiger partial charge in [-0.2, -0.15) is 4.98 Å². The Morgan fingerprint density at radius 2 is 1.95 bits per heavy atom. The van der Waals surface area contributed by atoms with Crippen molar-refractivity contribution in [3.05, 3.63) is 11.7 Å². The van der Waals surface area contributed by atoms with Crippen LogP contribution in [0.4, 0.5) is 0 Å². The van der Waals surface area contributed by atoms with Crippen LogP contribution in [0.15, 0.2) is 4.52 Å². The van der Waals surface area contributed by atoms with Gasteiger partial charge in [0.15, 0.2) is 5.82 Å². The van der Waals surface area contributed by atoms with Crippen LogP contribution in [-0.4, -0.2) is 10.1 Å². The van der Waals surface area contributed by atoms with E-state index in [0.717, 1.165) is 43.9 Å². The summed E-state index contributed by atoms with van der Waals surface area (Å²) in [7, 11) is 0. The summed E-state index contributed by atoms with van der Waals surface area (Å²) in [6.07, 6.45) is 5.05. The van der Waals surface area contributed by atoms with Crippen LogP contribution in [0.5, 0.6) is 0 Å². The van der Waals surface area contributed by atoms with Gasteiger partial charge in [0.2, 0.25) is 5.89 Å². The zero-order chi connectivity index (χ0) is 15.0. The van der Waals surface area contributed by atoms with Crippen molar-refractivity contribution in [2.75, 3.05) is 0 Å². The Labute approximate surface area is 122 Å². The van der Waals surface area contributed by atoms with Gasteiger partial charge in [0.1, 0.15) is 0 Å². The zero-order valence-electron chi connectivity index (χ0n) is 13.6. The van der Waals surface area contributed by atoms with Gasteiger partial charge in [-0.3, -0.25) is 0 Å². The minimum Gasteiger partial charge on any atom is -0.339 e. The van der Waals surface area contributed by atoms with Gasteiger partial charge >= 0.3 is 0 Å². The van der Waals surface area contributed by atoms with Gasteiger partial charge < -0.3 is 10.3 Å².